The summed E-state index contributed by atoms with van der Waals surface area (Å²) in [4.78, 5) is 27.9. The number of carbonyl (C=O) groups excluding carboxylic acids is 1. The van der Waals surface area contributed by atoms with E-state index in [1.165, 1.54) is 0 Å². The Bertz CT molecular complexity index is 940. The van der Waals surface area contributed by atoms with E-state index in [4.69, 9.17) is 10.3 Å². The van der Waals surface area contributed by atoms with Crippen molar-refractivity contribution in [3.05, 3.63) is 70.1 Å². The summed E-state index contributed by atoms with van der Waals surface area (Å²) in [5.41, 5.74) is 13.0. The zero-order valence-corrected chi connectivity index (χ0v) is 14.9. The molecular formula is C20H18N4O4. The smallest absolute Gasteiger partial charge is 0.410 e. The van der Waals surface area contributed by atoms with Crippen LogP contribution < -0.4 is 0 Å². The van der Waals surface area contributed by atoms with Gasteiger partial charge in [-0.05, 0) is 34.2 Å². The number of nitrogens with zero attached hydrogens (tertiary/aromatic N) is 4. The number of amides is 1. The molecule has 1 aliphatic carbocycles. The maximum atomic E-state index is 12.6. The first-order valence-corrected chi connectivity index (χ1v) is 8.98. The van der Waals surface area contributed by atoms with Gasteiger partial charge in [0.05, 0.1) is 6.04 Å². The minimum Gasteiger partial charge on any atom is -0.480 e. The van der Waals surface area contributed by atoms with Gasteiger partial charge < -0.3 is 9.84 Å². The van der Waals surface area contributed by atoms with Crippen molar-refractivity contribution in [3.8, 4) is 11.1 Å². The highest BCUT2D eigenvalue weighted by molar-refractivity contribution is 5.81. The van der Waals surface area contributed by atoms with E-state index in [1.54, 1.807) is 0 Å². The van der Waals surface area contributed by atoms with E-state index in [2.05, 4.69) is 10.0 Å². The van der Waals surface area contributed by atoms with Crippen molar-refractivity contribution < 1.29 is 19.4 Å². The summed E-state index contributed by atoms with van der Waals surface area (Å²) in [7, 11) is 0. The Morgan fingerprint density at radius 1 is 1.14 bits per heavy atom. The molecule has 8 nitrogen and oxygen atoms in total. The van der Waals surface area contributed by atoms with Gasteiger partial charge in [0.25, 0.3) is 0 Å². The van der Waals surface area contributed by atoms with Crippen LogP contribution >= 0.6 is 0 Å². The van der Waals surface area contributed by atoms with Gasteiger partial charge in [-0.15, -0.1) is 0 Å². The van der Waals surface area contributed by atoms with Crippen LogP contribution in [0.1, 0.15) is 23.5 Å². The molecule has 0 bridgehead atoms. The van der Waals surface area contributed by atoms with Gasteiger partial charge in [0.1, 0.15) is 12.6 Å². The summed E-state index contributed by atoms with van der Waals surface area (Å²) >= 11 is 0. The maximum absolute atomic E-state index is 12.6. The second-order valence-electron chi connectivity index (χ2n) is 6.90. The highest BCUT2D eigenvalue weighted by atomic mass is 16.6. The molecule has 0 spiro atoms. The third-order valence-corrected chi connectivity index (χ3v) is 5.35. The highest BCUT2D eigenvalue weighted by Crippen LogP contribution is 2.44. The molecule has 0 aromatic heterocycles. The van der Waals surface area contributed by atoms with Gasteiger partial charge in [-0.2, -0.15) is 0 Å². The molecule has 0 radical (unpaired) electrons. The number of aliphatic carboxylic acids is 1. The first-order chi connectivity index (χ1) is 13.6. The predicted octanol–water partition coefficient (Wildman–Crippen LogP) is 3.77. The van der Waals surface area contributed by atoms with E-state index in [1.807, 2.05) is 48.5 Å². The molecule has 1 heterocycles. The van der Waals surface area contributed by atoms with Gasteiger partial charge >= 0.3 is 12.1 Å². The predicted molar refractivity (Wildman–Crippen MR) is 101 cm³/mol. The van der Waals surface area contributed by atoms with E-state index < -0.39 is 24.1 Å². The van der Waals surface area contributed by atoms with Crippen molar-refractivity contribution in [1.29, 1.82) is 0 Å². The van der Waals surface area contributed by atoms with Gasteiger partial charge in [-0.1, -0.05) is 53.6 Å². The number of hydrogen-bond donors (Lipinski definition) is 1. The van der Waals surface area contributed by atoms with Gasteiger partial charge in [0, 0.05) is 17.4 Å². The number of carboxylic acid groups (broad SMARTS) is 1. The molecule has 0 unspecified atom stereocenters. The van der Waals surface area contributed by atoms with E-state index in [9.17, 15) is 14.7 Å². The van der Waals surface area contributed by atoms with E-state index >= 15 is 0 Å². The Kier molecular flexibility index (Phi) is 4.63. The molecule has 1 fully saturated rings. The first kappa shape index (κ1) is 17.9. The summed E-state index contributed by atoms with van der Waals surface area (Å²) in [6.45, 7) is 0.152. The lowest BCUT2D eigenvalue weighted by Gasteiger charge is -2.22. The SMILES string of the molecule is [N-]=[N+]=N[C@H]1C[C@H](C(=O)O)N(C(=O)OCC2c3ccccc3-c3ccccc32)C1. The van der Waals surface area contributed by atoms with Gasteiger partial charge in [0.15, 0.2) is 0 Å². The fraction of sp³-hybridized carbons (Fsp3) is 0.300. The molecular weight excluding hydrogens is 360 g/mol. The second kappa shape index (κ2) is 7.25. The highest BCUT2D eigenvalue weighted by Gasteiger charge is 2.40. The summed E-state index contributed by atoms with van der Waals surface area (Å²) in [5.74, 6) is -1.24. The first-order valence-electron chi connectivity index (χ1n) is 8.98. The lowest BCUT2D eigenvalue weighted by atomic mass is 9.98. The molecule has 1 aliphatic heterocycles. The normalized spacial score (nSPS) is 20.2. The minimum absolute atomic E-state index is 0.0394. The number of benzene rings is 2. The molecule has 2 aromatic carbocycles. The third-order valence-electron chi connectivity index (χ3n) is 5.35. The average Bonchev–Trinajstić information content (AvgIpc) is 3.26. The minimum atomic E-state index is -1.14. The summed E-state index contributed by atoms with van der Waals surface area (Å²) in [6, 6.07) is 14.3. The standard InChI is InChI=1S/C20H18N4O4/c21-23-22-12-9-18(19(25)26)24(10-12)20(27)28-11-17-15-7-3-1-5-13(15)14-6-2-4-8-16(14)17/h1-8,12,17-18H,9-11H2,(H,25,26)/t12-,18+/m0/s1. The third kappa shape index (κ3) is 3.04. The summed E-state index contributed by atoms with van der Waals surface area (Å²) in [5, 5.41) is 12.9. The largest absolute Gasteiger partial charge is 0.480 e. The zero-order valence-electron chi connectivity index (χ0n) is 14.9. The van der Waals surface area contributed by atoms with Crippen LogP contribution in [-0.4, -0.2) is 47.3 Å². The molecule has 0 saturated carbocycles. The maximum Gasteiger partial charge on any atom is 0.410 e. The molecule has 1 N–H and O–H groups in total. The molecule has 142 valence electrons. The molecule has 2 aliphatic rings. The van der Waals surface area contributed by atoms with Crippen LogP contribution in [0.25, 0.3) is 21.6 Å². The van der Waals surface area contributed by atoms with Crippen LogP contribution in [0.2, 0.25) is 0 Å². The number of likely N-dealkylation sites (tertiary alicyclic amines) is 1. The molecule has 1 amide bonds. The Balaban J connectivity index is 1.52. The molecule has 28 heavy (non-hydrogen) atoms. The molecule has 8 heteroatoms. The van der Waals surface area contributed by atoms with Crippen molar-refractivity contribution in [3.63, 3.8) is 0 Å². The van der Waals surface area contributed by atoms with E-state index in [0.29, 0.717) is 0 Å². The van der Waals surface area contributed by atoms with Crippen LogP contribution in [0.15, 0.2) is 53.6 Å². The number of azide groups is 1. The van der Waals surface area contributed by atoms with Gasteiger partial charge in [-0.3, -0.25) is 4.90 Å². The van der Waals surface area contributed by atoms with Crippen LogP contribution in [0, 0.1) is 0 Å². The lowest BCUT2D eigenvalue weighted by Crippen LogP contribution is -2.41. The summed E-state index contributed by atoms with van der Waals surface area (Å²) in [6.07, 6.45) is -0.617. The van der Waals surface area contributed by atoms with Crippen molar-refractivity contribution in [1.82, 2.24) is 4.90 Å². The van der Waals surface area contributed by atoms with Crippen LogP contribution in [0.5, 0.6) is 0 Å². The Hall–Kier alpha value is -3.51. The van der Waals surface area contributed by atoms with Crippen molar-refractivity contribution in [2.45, 2.75) is 24.4 Å². The van der Waals surface area contributed by atoms with Crippen LogP contribution in [-0.2, 0) is 9.53 Å². The Morgan fingerprint density at radius 2 is 1.75 bits per heavy atom. The monoisotopic (exact) mass is 378 g/mol. The van der Waals surface area contributed by atoms with E-state index in [0.717, 1.165) is 27.2 Å². The Labute approximate surface area is 161 Å². The van der Waals surface area contributed by atoms with Crippen molar-refractivity contribution >= 4 is 12.1 Å². The number of ether oxygens (including phenoxy) is 1. The molecule has 4 rings (SSSR count). The Morgan fingerprint density at radius 3 is 2.32 bits per heavy atom. The fourth-order valence-electron chi connectivity index (χ4n) is 4.08. The molecule has 2 aromatic rings. The second-order valence-corrected chi connectivity index (χ2v) is 6.90. The van der Waals surface area contributed by atoms with Crippen molar-refractivity contribution in [2.24, 2.45) is 5.11 Å². The fourth-order valence-corrected chi connectivity index (χ4v) is 4.08. The summed E-state index contributed by atoms with van der Waals surface area (Å²) < 4.78 is 5.52. The number of rotatable bonds is 4. The molecule has 1 saturated heterocycles. The quantitative estimate of drug-likeness (QED) is 0.495. The number of carbonyl (C=O) groups is 2. The van der Waals surface area contributed by atoms with Gasteiger partial charge in [0.2, 0.25) is 0 Å². The number of hydrogen-bond acceptors (Lipinski definition) is 4. The molecule has 2 atom stereocenters. The number of carboxylic acids is 1. The topological polar surface area (TPSA) is 116 Å². The van der Waals surface area contributed by atoms with Gasteiger partial charge in [-0.25, -0.2) is 9.59 Å². The van der Waals surface area contributed by atoms with Crippen molar-refractivity contribution in [2.75, 3.05) is 13.2 Å². The van der Waals surface area contributed by atoms with Crippen LogP contribution in [0.4, 0.5) is 4.79 Å². The zero-order chi connectivity index (χ0) is 19.7. The average molecular weight is 378 g/mol. The number of fused-ring (bicyclic) bond motifs is 3. The van der Waals surface area contributed by atoms with E-state index in [-0.39, 0.29) is 25.5 Å². The van der Waals surface area contributed by atoms with Crippen LogP contribution in [0.3, 0.4) is 0 Å². The lowest BCUT2D eigenvalue weighted by molar-refractivity contribution is -0.141.